The molecule has 1 heterocycles. The maximum Gasteiger partial charge on any atom is 0.143 e. The summed E-state index contributed by atoms with van der Waals surface area (Å²) in [6, 6.07) is 0.248. The predicted octanol–water partition coefficient (Wildman–Crippen LogP) is 1.74. The van der Waals surface area contributed by atoms with E-state index in [9.17, 15) is 4.79 Å². The van der Waals surface area contributed by atoms with Crippen molar-refractivity contribution in [1.29, 1.82) is 0 Å². The third kappa shape index (κ3) is 3.41. The lowest BCUT2D eigenvalue weighted by Crippen LogP contribution is -2.27. The highest BCUT2D eigenvalue weighted by molar-refractivity contribution is 5.82. The number of nitrogens with two attached hydrogens (primary N) is 1. The van der Waals surface area contributed by atoms with E-state index in [0.717, 1.165) is 38.1 Å². The number of ketones is 1. The van der Waals surface area contributed by atoms with Crippen LogP contribution in [0.4, 0.5) is 0 Å². The first-order valence-corrected chi connectivity index (χ1v) is 7.23. The van der Waals surface area contributed by atoms with Crippen LogP contribution in [0, 0.1) is 11.8 Å². The minimum Gasteiger partial charge on any atom is -0.330 e. The van der Waals surface area contributed by atoms with Gasteiger partial charge >= 0.3 is 0 Å². The summed E-state index contributed by atoms with van der Waals surface area (Å²) in [6.07, 6.45) is 6.09. The van der Waals surface area contributed by atoms with E-state index in [1.807, 2.05) is 4.68 Å². The predicted molar refractivity (Wildman–Crippen MR) is 73.6 cm³/mol. The molecule has 0 unspecified atom stereocenters. The zero-order chi connectivity index (χ0) is 13.8. The van der Waals surface area contributed by atoms with Gasteiger partial charge in [-0.05, 0) is 52.0 Å². The number of hydrogen-bond donors (Lipinski definition) is 1. The summed E-state index contributed by atoms with van der Waals surface area (Å²) in [5.74, 6) is 1.91. The van der Waals surface area contributed by atoms with Gasteiger partial charge in [-0.25, -0.2) is 9.67 Å². The van der Waals surface area contributed by atoms with Crippen LogP contribution in [0.3, 0.4) is 0 Å². The third-order valence-corrected chi connectivity index (χ3v) is 4.10. The molecule has 2 N–H and O–H groups in total. The van der Waals surface area contributed by atoms with E-state index in [-0.39, 0.29) is 12.0 Å². The Morgan fingerprint density at radius 1 is 1.42 bits per heavy atom. The van der Waals surface area contributed by atoms with Crippen LogP contribution in [0.5, 0.6) is 0 Å². The fraction of sp³-hybridized carbons (Fsp3) is 0.786. The highest BCUT2D eigenvalue weighted by Gasteiger charge is 2.26. The van der Waals surface area contributed by atoms with E-state index in [1.54, 1.807) is 0 Å². The number of Topliss-reactive ketones (excluding diaryl/α,β-unsaturated/α-hetero) is 1. The Labute approximate surface area is 114 Å². The molecule has 0 spiro atoms. The summed E-state index contributed by atoms with van der Waals surface area (Å²) in [7, 11) is 0. The second kappa shape index (κ2) is 6.28. The van der Waals surface area contributed by atoms with Gasteiger partial charge in [0.15, 0.2) is 0 Å². The Bertz CT molecular complexity index is 419. The van der Waals surface area contributed by atoms with E-state index in [4.69, 9.17) is 5.73 Å². The van der Waals surface area contributed by atoms with Gasteiger partial charge in [0.1, 0.15) is 17.9 Å². The molecule has 0 atom stereocenters. The molecule has 19 heavy (non-hydrogen) atoms. The fourth-order valence-electron chi connectivity index (χ4n) is 2.85. The third-order valence-electron chi connectivity index (χ3n) is 4.10. The molecule has 1 aromatic heterocycles. The maximum atomic E-state index is 12.3. The molecule has 1 saturated carbocycles. The van der Waals surface area contributed by atoms with Gasteiger partial charge < -0.3 is 5.73 Å². The van der Waals surface area contributed by atoms with Crippen LogP contribution in [0.25, 0.3) is 0 Å². The second-order valence-electron chi connectivity index (χ2n) is 5.81. The Hall–Kier alpha value is -1.23. The summed E-state index contributed by atoms with van der Waals surface area (Å²) in [5.41, 5.74) is 5.68. The topological polar surface area (TPSA) is 73.8 Å². The number of rotatable bonds is 5. The van der Waals surface area contributed by atoms with E-state index in [1.165, 1.54) is 6.33 Å². The number of carbonyl (C=O) groups is 1. The van der Waals surface area contributed by atoms with Gasteiger partial charge in [0.2, 0.25) is 0 Å². The molecule has 1 aliphatic carbocycles. The molecule has 5 heteroatoms. The van der Waals surface area contributed by atoms with Crippen molar-refractivity contribution >= 4 is 5.78 Å². The Morgan fingerprint density at radius 2 is 2.11 bits per heavy atom. The SMILES string of the molecule is CC(C)n1ncnc1CC(=O)C1CCC(CN)CC1. The van der Waals surface area contributed by atoms with Crippen molar-refractivity contribution in [1.82, 2.24) is 14.8 Å². The van der Waals surface area contributed by atoms with Gasteiger partial charge in [-0.2, -0.15) is 5.10 Å². The minimum atomic E-state index is 0.195. The lowest BCUT2D eigenvalue weighted by Gasteiger charge is -2.26. The van der Waals surface area contributed by atoms with E-state index in [2.05, 4.69) is 23.9 Å². The molecule has 1 aliphatic rings. The molecule has 1 fully saturated rings. The molecule has 0 aromatic carbocycles. The average molecular weight is 264 g/mol. The fourth-order valence-corrected chi connectivity index (χ4v) is 2.85. The molecule has 5 nitrogen and oxygen atoms in total. The molecule has 0 amide bonds. The summed E-state index contributed by atoms with van der Waals surface area (Å²) in [5, 5.41) is 4.18. The van der Waals surface area contributed by atoms with Crippen molar-refractivity contribution < 1.29 is 4.79 Å². The average Bonchev–Trinajstić information content (AvgIpc) is 2.87. The molecule has 0 radical (unpaired) electrons. The van der Waals surface area contributed by atoms with Crippen LogP contribution >= 0.6 is 0 Å². The monoisotopic (exact) mass is 264 g/mol. The van der Waals surface area contributed by atoms with Gasteiger partial charge in [0, 0.05) is 12.0 Å². The van der Waals surface area contributed by atoms with Crippen LogP contribution in [0.2, 0.25) is 0 Å². The van der Waals surface area contributed by atoms with Gasteiger partial charge in [-0.1, -0.05) is 0 Å². The van der Waals surface area contributed by atoms with Crippen LogP contribution in [0.1, 0.15) is 51.4 Å². The first kappa shape index (κ1) is 14.2. The Kier molecular flexibility index (Phi) is 4.69. The summed E-state index contributed by atoms with van der Waals surface area (Å²) in [4.78, 5) is 16.5. The van der Waals surface area contributed by atoms with Gasteiger partial charge in [-0.3, -0.25) is 4.79 Å². The summed E-state index contributed by atoms with van der Waals surface area (Å²) in [6.45, 7) is 4.85. The summed E-state index contributed by atoms with van der Waals surface area (Å²) >= 11 is 0. The number of carbonyl (C=O) groups excluding carboxylic acids is 1. The zero-order valence-electron chi connectivity index (χ0n) is 11.9. The van der Waals surface area contributed by atoms with Crippen molar-refractivity contribution in [2.24, 2.45) is 17.6 Å². The first-order valence-electron chi connectivity index (χ1n) is 7.23. The summed E-state index contributed by atoms with van der Waals surface area (Å²) < 4.78 is 1.84. The van der Waals surface area contributed by atoms with Crippen molar-refractivity contribution in [3.8, 4) is 0 Å². The number of aromatic nitrogens is 3. The van der Waals surface area contributed by atoms with Crippen molar-refractivity contribution in [3.05, 3.63) is 12.2 Å². The van der Waals surface area contributed by atoms with E-state index in [0.29, 0.717) is 18.1 Å². The quantitative estimate of drug-likeness (QED) is 0.879. The highest BCUT2D eigenvalue weighted by atomic mass is 16.1. The lowest BCUT2D eigenvalue weighted by atomic mass is 9.79. The molecule has 0 aliphatic heterocycles. The largest absolute Gasteiger partial charge is 0.330 e. The van der Waals surface area contributed by atoms with Crippen LogP contribution < -0.4 is 5.73 Å². The molecular formula is C14H24N4O. The molecule has 106 valence electrons. The smallest absolute Gasteiger partial charge is 0.143 e. The molecular weight excluding hydrogens is 240 g/mol. The van der Waals surface area contributed by atoms with E-state index < -0.39 is 0 Å². The normalized spacial score (nSPS) is 23.8. The highest BCUT2D eigenvalue weighted by Crippen LogP contribution is 2.29. The zero-order valence-corrected chi connectivity index (χ0v) is 11.9. The van der Waals surface area contributed by atoms with E-state index >= 15 is 0 Å². The Balaban J connectivity index is 1.92. The van der Waals surface area contributed by atoms with Gasteiger partial charge in [-0.15, -0.1) is 0 Å². The standard InChI is InChI=1S/C14H24N4O/c1-10(2)18-14(16-9-17-18)7-13(19)12-5-3-11(8-15)4-6-12/h9-12H,3-8,15H2,1-2H3. The minimum absolute atomic E-state index is 0.195. The van der Waals surface area contributed by atoms with Crippen LogP contribution in [-0.2, 0) is 11.2 Å². The molecule has 0 bridgehead atoms. The first-order chi connectivity index (χ1) is 9.11. The van der Waals surface area contributed by atoms with Crippen molar-refractivity contribution in [2.45, 2.75) is 52.0 Å². The van der Waals surface area contributed by atoms with Crippen molar-refractivity contribution in [2.75, 3.05) is 6.54 Å². The van der Waals surface area contributed by atoms with Gasteiger partial charge in [0.25, 0.3) is 0 Å². The number of hydrogen-bond acceptors (Lipinski definition) is 4. The molecule has 2 rings (SSSR count). The second-order valence-corrected chi connectivity index (χ2v) is 5.81. The molecule has 1 aromatic rings. The van der Waals surface area contributed by atoms with Crippen molar-refractivity contribution in [3.63, 3.8) is 0 Å². The number of nitrogens with zero attached hydrogens (tertiary/aromatic N) is 3. The lowest BCUT2D eigenvalue weighted by molar-refractivity contribution is -0.123. The Morgan fingerprint density at radius 3 is 2.68 bits per heavy atom. The van der Waals surface area contributed by atoms with Crippen LogP contribution in [-0.4, -0.2) is 27.1 Å². The maximum absolute atomic E-state index is 12.3. The van der Waals surface area contributed by atoms with Gasteiger partial charge in [0.05, 0.1) is 6.42 Å². The molecule has 0 saturated heterocycles. The van der Waals surface area contributed by atoms with Crippen LogP contribution in [0.15, 0.2) is 6.33 Å².